The fraction of sp³-hybridized carbons (Fsp3) is 0.405. The monoisotopic (exact) mass is 743 g/mol. The summed E-state index contributed by atoms with van der Waals surface area (Å²) in [5, 5.41) is 11.4. The van der Waals surface area contributed by atoms with Gasteiger partial charge in [-0.05, 0) is 43.0 Å². The number of fused-ring (bicyclic) bond motifs is 3. The van der Waals surface area contributed by atoms with E-state index in [4.69, 9.17) is 0 Å². The number of thiazole rings is 1. The highest BCUT2D eigenvalue weighted by Crippen LogP contribution is 2.25. The van der Waals surface area contributed by atoms with E-state index in [0.29, 0.717) is 11.4 Å². The predicted octanol–water partition coefficient (Wildman–Crippen LogP) is 2.14. The van der Waals surface area contributed by atoms with Gasteiger partial charge < -0.3 is 35.6 Å². The first-order valence-electron chi connectivity index (χ1n) is 17.4. The van der Waals surface area contributed by atoms with Crippen molar-refractivity contribution in [3.05, 3.63) is 82.2 Å². The molecule has 0 radical (unpaired) electrons. The topological polar surface area (TPSA) is 190 Å². The Hall–Kier alpha value is -5.64. The van der Waals surface area contributed by atoms with Gasteiger partial charge in [-0.1, -0.05) is 32.0 Å². The van der Waals surface area contributed by atoms with Crippen LogP contribution in [-0.2, 0) is 25.6 Å². The summed E-state index contributed by atoms with van der Waals surface area (Å²) in [6, 6.07) is 8.19. The number of aromatic nitrogens is 3. The molecule has 4 heterocycles. The lowest BCUT2D eigenvalue weighted by Crippen LogP contribution is -2.53. The van der Waals surface area contributed by atoms with E-state index in [1.54, 1.807) is 30.8 Å². The number of nitrogens with zero attached hydrogens (tertiary/aromatic N) is 5. The predicted molar refractivity (Wildman–Crippen MR) is 199 cm³/mol. The summed E-state index contributed by atoms with van der Waals surface area (Å²) in [6.07, 6.45) is 5.35. The number of benzene rings is 1. The number of hydrogen-bond donors (Lipinski definition) is 4. The Morgan fingerprint density at radius 3 is 2.40 bits per heavy atom. The molecule has 1 aromatic carbocycles. The second-order valence-electron chi connectivity index (χ2n) is 13.6. The van der Waals surface area contributed by atoms with E-state index in [9.17, 15) is 28.8 Å². The minimum atomic E-state index is -1.07. The van der Waals surface area contributed by atoms with Gasteiger partial charge in [0.25, 0.3) is 11.8 Å². The van der Waals surface area contributed by atoms with Gasteiger partial charge in [-0.25, -0.2) is 4.98 Å². The lowest BCUT2D eigenvalue weighted by molar-refractivity contribution is -0.138. The molecule has 0 fully saturated rings. The molecule has 0 aliphatic carbocycles. The summed E-state index contributed by atoms with van der Waals surface area (Å²) in [6.45, 7) is 4.89. The van der Waals surface area contributed by atoms with Crippen molar-refractivity contribution in [1.82, 2.24) is 45.6 Å². The van der Waals surface area contributed by atoms with E-state index in [0.717, 1.165) is 16.5 Å². The molecule has 6 amide bonds. The zero-order valence-electron chi connectivity index (χ0n) is 30.4. The van der Waals surface area contributed by atoms with Crippen molar-refractivity contribution in [1.29, 1.82) is 0 Å². The number of pyridine rings is 1. The van der Waals surface area contributed by atoms with Crippen molar-refractivity contribution in [2.75, 3.05) is 40.3 Å². The van der Waals surface area contributed by atoms with Crippen molar-refractivity contribution in [2.45, 2.75) is 51.7 Å². The summed E-state index contributed by atoms with van der Waals surface area (Å²) in [4.78, 5) is 97.0. The van der Waals surface area contributed by atoms with Gasteiger partial charge in [0.1, 0.15) is 22.8 Å². The Bertz CT molecular complexity index is 1960. The van der Waals surface area contributed by atoms with Crippen LogP contribution in [0.3, 0.4) is 0 Å². The maximum Gasteiger partial charge on any atom is 0.271 e. The highest BCUT2D eigenvalue weighted by molar-refractivity contribution is 7.09. The number of aromatic amines is 1. The molecular formula is C37H45N9O6S. The molecule has 1 aliphatic heterocycles. The van der Waals surface area contributed by atoms with Gasteiger partial charge >= 0.3 is 0 Å². The van der Waals surface area contributed by atoms with Gasteiger partial charge in [0, 0.05) is 68.5 Å². The third-order valence-electron chi connectivity index (χ3n) is 8.91. The summed E-state index contributed by atoms with van der Waals surface area (Å²) < 4.78 is 0. The quantitative estimate of drug-likeness (QED) is 0.239. The fourth-order valence-corrected chi connectivity index (χ4v) is 7.02. The third kappa shape index (κ3) is 9.83. The average Bonchev–Trinajstić information content (AvgIpc) is 3.79. The van der Waals surface area contributed by atoms with Crippen LogP contribution in [0.25, 0.3) is 10.9 Å². The molecule has 16 heteroatoms. The molecule has 0 unspecified atom stereocenters. The van der Waals surface area contributed by atoms with Crippen LogP contribution in [0.15, 0.2) is 60.4 Å². The molecule has 5 rings (SSSR count). The van der Waals surface area contributed by atoms with E-state index >= 15 is 0 Å². The number of hydrogen-bond acceptors (Lipinski definition) is 9. The second kappa shape index (κ2) is 17.3. The molecule has 0 saturated heterocycles. The molecule has 280 valence electrons. The molecule has 15 nitrogen and oxygen atoms in total. The van der Waals surface area contributed by atoms with E-state index in [1.165, 1.54) is 52.4 Å². The first kappa shape index (κ1) is 38.6. The minimum Gasteiger partial charge on any atom is -0.361 e. The van der Waals surface area contributed by atoms with E-state index in [1.807, 2.05) is 38.1 Å². The normalized spacial score (nSPS) is 20.2. The molecule has 0 spiro atoms. The van der Waals surface area contributed by atoms with E-state index < -0.39 is 53.6 Å². The van der Waals surface area contributed by atoms with Crippen LogP contribution in [-0.4, -0.2) is 117 Å². The largest absolute Gasteiger partial charge is 0.361 e. The molecule has 2 bridgehead atoms. The van der Waals surface area contributed by atoms with Gasteiger partial charge in [-0.2, -0.15) is 0 Å². The first-order chi connectivity index (χ1) is 25.3. The van der Waals surface area contributed by atoms with Crippen molar-refractivity contribution in [2.24, 2.45) is 5.92 Å². The second-order valence-corrected chi connectivity index (χ2v) is 14.5. The van der Waals surface area contributed by atoms with Gasteiger partial charge in [0.15, 0.2) is 0 Å². The van der Waals surface area contributed by atoms with Crippen LogP contribution in [0.5, 0.6) is 0 Å². The zero-order chi connectivity index (χ0) is 38.2. The zero-order valence-corrected chi connectivity index (χ0v) is 31.2. The lowest BCUT2D eigenvalue weighted by Gasteiger charge is -2.28. The van der Waals surface area contributed by atoms with Gasteiger partial charge in [-0.3, -0.25) is 33.8 Å². The van der Waals surface area contributed by atoms with Crippen LogP contribution in [0.1, 0.15) is 64.7 Å². The number of carbonyl (C=O) groups is 6. The van der Waals surface area contributed by atoms with Gasteiger partial charge in [0.05, 0.1) is 24.7 Å². The number of nitrogens with one attached hydrogen (secondary N) is 4. The molecule has 4 N–H and O–H groups in total. The van der Waals surface area contributed by atoms with E-state index in [-0.39, 0.29) is 49.8 Å². The van der Waals surface area contributed by atoms with Gasteiger partial charge in [0.2, 0.25) is 23.6 Å². The number of H-pyrrole nitrogens is 1. The maximum atomic E-state index is 13.9. The smallest absolute Gasteiger partial charge is 0.271 e. The fourth-order valence-electron chi connectivity index (χ4n) is 6.15. The summed E-state index contributed by atoms with van der Waals surface area (Å²) in [7, 11) is 3.00. The minimum absolute atomic E-state index is 0.00945. The van der Waals surface area contributed by atoms with Crippen molar-refractivity contribution >= 4 is 57.7 Å². The van der Waals surface area contributed by atoms with Crippen LogP contribution in [0.2, 0.25) is 0 Å². The van der Waals surface area contributed by atoms with Crippen molar-refractivity contribution in [3.63, 3.8) is 0 Å². The standard InChI is InChI=1S/C37H45N9O6S/c1-22(2)15-28-34-43-30(21-53-34)33(49)42-29(16-25-18-39-27-11-7-6-10-26(25)27)37(52)45(5)19-31(47)40-23(3)35(50)44(4)13-14-46(20-32(48)41-28)36(51)24-9-8-12-38-17-24/h6-12,17-18,21-23,28-29,39H,13-16,19-20H2,1-5H3,(H,40,47)(H,41,48)(H,42,49)/t23-,28-,29+/m0/s1. The molecular weight excluding hydrogens is 699 g/mol. The summed E-state index contributed by atoms with van der Waals surface area (Å²) in [5.41, 5.74) is 2.00. The number of likely N-dealkylation sites (N-methyl/N-ethyl adjacent to an activating group) is 2. The third-order valence-corrected chi connectivity index (χ3v) is 9.87. The summed E-state index contributed by atoms with van der Waals surface area (Å²) >= 11 is 1.20. The van der Waals surface area contributed by atoms with Crippen LogP contribution < -0.4 is 16.0 Å². The van der Waals surface area contributed by atoms with Crippen LogP contribution in [0.4, 0.5) is 0 Å². The highest BCUT2D eigenvalue weighted by Gasteiger charge is 2.30. The summed E-state index contributed by atoms with van der Waals surface area (Å²) in [5.74, 6) is -2.89. The number of amides is 6. The molecule has 3 atom stereocenters. The Morgan fingerprint density at radius 2 is 1.66 bits per heavy atom. The number of para-hydroxylation sites is 1. The van der Waals surface area contributed by atoms with Crippen LogP contribution in [0, 0.1) is 5.92 Å². The maximum absolute atomic E-state index is 13.9. The molecule has 53 heavy (non-hydrogen) atoms. The average molecular weight is 744 g/mol. The molecule has 3 aromatic heterocycles. The SMILES string of the molecule is CC(C)C[C@@H]1NC(=O)CN(C(=O)c2cccnc2)CCN(C)C(=O)[C@H](C)NC(=O)CN(C)C(=O)[C@@H](Cc2c[nH]c3ccccc23)NC(=O)c2csc1n2. The van der Waals surface area contributed by atoms with Crippen molar-refractivity contribution in [3.8, 4) is 0 Å². The number of carbonyl (C=O) groups excluding carboxylic acids is 6. The molecule has 0 saturated carbocycles. The molecule has 1 aliphatic rings. The Morgan fingerprint density at radius 1 is 0.906 bits per heavy atom. The number of rotatable bonds is 5. The van der Waals surface area contributed by atoms with Crippen molar-refractivity contribution < 1.29 is 28.8 Å². The van der Waals surface area contributed by atoms with Gasteiger partial charge in [-0.15, -0.1) is 11.3 Å². The highest BCUT2D eigenvalue weighted by atomic mass is 32.1. The van der Waals surface area contributed by atoms with E-state index in [2.05, 4.69) is 30.9 Å². The Kier molecular flexibility index (Phi) is 12.6. The lowest BCUT2D eigenvalue weighted by atomic mass is 10.0. The Balaban J connectivity index is 1.47. The van der Waals surface area contributed by atoms with Crippen LogP contribution >= 0.6 is 11.3 Å². The molecule has 4 aromatic rings. The Labute approximate surface area is 311 Å². The first-order valence-corrected chi connectivity index (χ1v) is 18.3.